The first-order chi connectivity index (χ1) is 24.8. The van der Waals surface area contributed by atoms with Crippen molar-refractivity contribution in [3.63, 3.8) is 0 Å². The zero-order valence-corrected chi connectivity index (χ0v) is 28.1. The highest BCUT2D eigenvalue weighted by Gasteiger charge is 2.19. The standard InChI is InChI=1S/C48H31NS/c1-2-10-32(11-3-1)37-13-8-14-40(30-37)49(44-17-9-19-46-48(44)42-16-6-7-18-45(42)50-46)39-28-26-33(27-29-39)38-25-22-35-21-24-36-23-20-34-12-4-5-15-41(34)47(36)43(35)31-38/h1-31H. The molecule has 0 aliphatic rings. The Balaban J connectivity index is 1.14. The van der Waals surface area contributed by atoms with E-state index < -0.39 is 0 Å². The van der Waals surface area contributed by atoms with Crippen molar-refractivity contribution in [3.05, 3.63) is 188 Å². The van der Waals surface area contributed by atoms with E-state index in [0.717, 1.165) is 11.4 Å². The molecule has 1 nitrogen and oxygen atoms in total. The lowest BCUT2D eigenvalue weighted by atomic mass is 9.94. The lowest BCUT2D eigenvalue weighted by Crippen LogP contribution is -2.10. The normalized spacial score (nSPS) is 11.6. The first-order valence-corrected chi connectivity index (χ1v) is 17.9. The van der Waals surface area contributed by atoms with Gasteiger partial charge in [0.05, 0.1) is 5.69 Å². The molecular formula is C48H31NS. The highest BCUT2D eigenvalue weighted by Crippen LogP contribution is 2.45. The molecule has 0 bridgehead atoms. The van der Waals surface area contributed by atoms with E-state index in [2.05, 4.69) is 193 Å². The molecule has 0 saturated heterocycles. The molecule has 0 unspecified atom stereocenters. The average Bonchev–Trinajstić information content (AvgIpc) is 3.58. The van der Waals surface area contributed by atoms with Gasteiger partial charge in [0.2, 0.25) is 0 Å². The Labute approximate surface area is 294 Å². The Kier molecular flexibility index (Phi) is 6.75. The van der Waals surface area contributed by atoms with Crippen LogP contribution in [0.5, 0.6) is 0 Å². The molecule has 0 spiro atoms. The molecule has 234 valence electrons. The van der Waals surface area contributed by atoms with Gasteiger partial charge in [-0.25, -0.2) is 0 Å². The molecule has 2 heteroatoms. The van der Waals surface area contributed by atoms with Crippen molar-refractivity contribution in [2.24, 2.45) is 0 Å². The molecule has 10 rings (SSSR count). The Morgan fingerprint density at radius 1 is 0.320 bits per heavy atom. The van der Waals surface area contributed by atoms with Gasteiger partial charge >= 0.3 is 0 Å². The topological polar surface area (TPSA) is 3.24 Å². The van der Waals surface area contributed by atoms with Gasteiger partial charge < -0.3 is 4.90 Å². The lowest BCUT2D eigenvalue weighted by molar-refractivity contribution is 1.30. The van der Waals surface area contributed by atoms with Crippen molar-refractivity contribution >= 4 is 80.9 Å². The number of anilines is 3. The van der Waals surface area contributed by atoms with Gasteiger partial charge in [-0.15, -0.1) is 11.3 Å². The summed E-state index contributed by atoms with van der Waals surface area (Å²) < 4.78 is 2.60. The van der Waals surface area contributed by atoms with Crippen molar-refractivity contribution in [2.45, 2.75) is 0 Å². The minimum atomic E-state index is 1.12. The van der Waals surface area contributed by atoms with Gasteiger partial charge in [-0.05, 0) is 103 Å². The van der Waals surface area contributed by atoms with E-state index in [4.69, 9.17) is 0 Å². The summed E-state index contributed by atoms with van der Waals surface area (Å²) in [5.74, 6) is 0. The molecule has 0 N–H and O–H groups in total. The molecule has 0 amide bonds. The molecule has 0 fully saturated rings. The van der Waals surface area contributed by atoms with E-state index in [9.17, 15) is 0 Å². The van der Waals surface area contributed by atoms with E-state index in [-0.39, 0.29) is 0 Å². The van der Waals surface area contributed by atoms with Crippen LogP contribution in [0, 0.1) is 0 Å². The Hall–Kier alpha value is -6.22. The smallest absolute Gasteiger partial charge is 0.0554 e. The number of rotatable bonds is 5. The van der Waals surface area contributed by atoms with Crippen molar-refractivity contribution < 1.29 is 0 Å². The molecule has 0 aliphatic carbocycles. The van der Waals surface area contributed by atoms with Crippen LogP contribution in [-0.4, -0.2) is 0 Å². The first kappa shape index (κ1) is 28.8. The molecule has 50 heavy (non-hydrogen) atoms. The summed E-state index contributed by atoms with van der Waals surface area (Å²) in [6.07, 6.45) is 0. The number of hydrogen-bond acceptors (Lipinski definition) is 2. The van der Waals surface area contributed by atoms with Gasteiger partial charge in [-0.1, -0.05) is 140 Å². The first-order valence-electron chi connectivity index (χ1n) is 17.1. The fourth-order valence-corrected chi connectivity index (χ4v) is 8.76. The predicted octanol–water partition coefficient (Wildman–Crippen LogP) is 14.3. The summed E-state index contributed by atoms with van der Waals surface area (Å²) >= 11 is 1.86. The maximum Gasteiger partial charge on any atom is 0.0554 e. The van der Waals surface area contributed by atoms with Crippen molar-refractivity contribution in [1.82, 2.24) is 0 Å². The van der Waals surface area contributed by atoms with Gasteiger partial charge in [0.1, 0.15) is 0 Å². The summed E-state index contributed by atoms with van der Waals surface area (Å²) in [5, 5.41) is 10.3. The molecule has 1 aromatic heterocycles. The highest BCUT2D eigenvalue weighted by atomic mass is 32.1. The Bertz CT molecular complexity index is 2860. The number of nitrogens with zero attached hydrogens (tertiary/aromatic N) is 1. The second-order valence-corrected chi connectivity index (χ2v) is 14.0. The third kappa shape index (κ3) is 4.76. The van der Waals surface area contributed by atoms with Gasteiger partial charge in [-0.2, -0.15) is 0 Å². The van der Waals surface area contributed by atoms with Gasteiger partial charge in [0.15, 0.2) is 0 Å². The fourth-order valence-electron chi connectivity index (χ4n) is 7.63. The number of thiophene rings is 1. The van der Waals surface area contributed by atoms with E-state index in [1.165, 1.54) is 80.4 Å². The van der Waals surface area contributed by atoms with Crippen molar-refractivity contribution in [3.8, 4) is 22.3 Å². The molecular weight excluding hydrogens is 623 g/mol. The molecule has 9 aromatic carbocycles. The van der Waals surface area contributed by atoms with Crippen LogP contribution in [-0.2, 0) is 0 Å². The monoisotopic (exact) mass is 653 g/mol. The Morgan fingerprint density at radius 2 is 0.920 bits per heavy atom. The van der Waals surface area contributed by atoms with E-state index >= 15 is 0 Å². The van der Waals surface area contributed by atoms with Crippen LogP contribution in [0.4, 0.5) is 17.1 Å². The summed E-state index contributed by atoms with van der Waals surface area (Å²) in [4.78, 5) is 2.43. The predicted molar refractivity (Wildman–Crippen MR) is 217 cm³/mol. The van der Waals surface area contributed by atoms with Crippen LogP contribution in [0.1, 0.15) is 0 Å². The molecule has 0 atom stereocenters. The zero-order chi connectivity index (χ0) is 33.0. The van der Waals surface area contributed by atoms with Crippen LogP contribution in [0.15, 0.2) is 188 Å². The summed E-state index contributed by atoms with van der Waals surface area (Å²) in [6, 6.07) is 68.7. The minimum absolute atomic E-state index is 1.12. The molecule has 0 aliphatic heterocycles. The van der Waals surface area contributed by atoms with Gasteiger partial charge in [-0.3, -0.25) is 0 Å². The minimum Gasteiger partial charge on any atom is -0.310 e. The SMILES string of the molecule is c1ccc(-c2cccc(N(c3ccc(-c4ccc5ccc6ccc7ccccc7c6c5c4)cc3)c3cccc4sc5ccccc5c34)c2)cc1. The summed E-state index contributed by atoms with van der Waals surface area (Å²) in [7, 11) is 0. The van der Waals surface area contributed by atoms with Crippen molar-refractivity contribution in [1.29, 1.82) is 0 Å². The van der Waals surface area contributed by atoms with E-state index in [0.29, 0.717) is 0 Å². The second-order valence-electron chi connectivity index (χ2n) is 12.9. The molecule has 1 heterocycles. The lowest BCUT2D eigenvalue weighted by Gasteiger charge is -2.27. The van der Waals surface area contributed by atoms with Gasteiger partial charge in [0, 0.05) is 31.5 Å². The maximum absolute atomic E-state index is 2.43. The quantitative estimate of drug-likeness (QED) is 0.167. The second kappa shape index (κ2) is 11.7. The summed E-state index contributed by atoms with van der Waals surface area (Å²) in [5.41, 5.74) is 8.26. The average molecular weight is 654 g/mol. The molecule has 0 saturated carbocycles. The maximum atomic E-state index is 2.43. The van der Waals surface area contributed by atoms with Crippen LogP contribution in [0.2, 0.25) is 0 Å². The van der Waals surface area contributed by atoms with Crippen LogP contribution >= 0.6 is 11.3 Å². The van der Waals surface area contributed by atoms with Gasteiger partial charge in [0.25, 0.3) is 0 Å². The third-order valence-electron chi connectivity index (χ3n) is 10.0. The van der Waals surface area contributed by atoms with E-state index in [1.807, 2.05) is 11.3 Å². The molecule has 0 radical (unpaired) electrons. The van der Waals surface area contributed by atoms with Crippen LogP contribution in [0.3, 0.4) is 0 Å². The van der Waals surface area contributed by atoms with Crippen LogP contribution < -0.4 is 4.90 Å². The van der Waals surface area contributed by atoms with E-state index in [1.54, 1.807) is 0 Å². The summed E-state index contributed by atoms with van der Waals surface area (Å²) in [6.45, 7) is 0. The number of benzene rings is 9. The van der Waals surface area contributed by atoms with Crippen molar-refractivity contribution in [2.75, 3.05) is 4.90 Å². The third-order valence-corrected chi connectivity index (χ3v) is 11.2. The zero-order valence-electron chi connectivity index (χ0n) is 27.3. The molecule has 10 aromatic rings. The fraction of sp³-hybridized carbons (Fsp3) is 0. The number of fused-ring (bicyclic) bond motifs is 8. The number of hydrogen-bond donors (Lipinski definition) is 0. The Morgan fingerprint density at radius 3 is 1.78 bits per heavy atom. The van der Waals surface area contributed by atoms with Crippen LogP contribution in [0.25, 0.3) is 74.7 Å². The largest absolute Gasteiger partial charge is 0.310 e. The highest BCUT2D eigenvalue weighted by molar-refractivity contribution is 7.26.